The topological polar surface area (TPSA) is 61.3 Å². The van der Waals surface area contributed by atoms with Crippen LogP contribution in [0, 0.1) is 0 Å². The van der Waals surface area contributed by atoms with Crippen LogP contribution in [0.1, 0.15) is 17.3 Å². The van der Waals surface area contributed by atoms with E-state index in [1.54, 1.807) is 14.0 Å². The first-order chi connectivity index (χ1) is 9.27. The zero-order valence-electron chi connectivity index (χ0n) is 10.8. The Morgan fingerprint density at radius 3 is 2.84 bits per heavy atom. The molecule has 0 radical (unpaired) electrons. The van der Waals surface area contributed by atoms with Crippen LogP contribution < -0.4 is 4.74 Å². The summed E-state index contributed by atoms with van der Waals surface area (Å²) in [5.41, 5.74) is 1.57. The van der Waals surface area contributed by atoms with Crippen molar-refractivity contribution in [2.45, 2.75) is 6.92 Å². The number of nitrogens with zero attached hydrogens (tertiary/aromatic N) is 2. The van der Waals surface area contributed by atoms with E-state index in [0.717, 1.165) is 5.56 Å². The fourth-order valence-electron chi connectivity index (χ4n) is 1.74. The molecule has 0 aliphatic carbocycles. The van der Waals surface area contributed by atoms with E-state index in [0.29, 0.717) is 23.6 Å². The van der Waals surface area contributed by atoms with Crippen LogP contribution in [0.2, 0.25) is 0 Å². The Morgan fingerprint density at radius 1 is 1.32 bits per heavy atom. The maximum absolute atomic E-state index is 11.9. The third-order valence-corrected chi connectivity index (χ3v) is 2.57. The van der Waals surface area contributed by atoms with Crippen LogP contribution in [0.25, 0.3) is 11.3 Å². The first-order valence-electron chi connectivity index (χ1n) is 5.88. The fourth-order valence-corrected chi connectivity index (χ4v) is 1.74. The number of carbonyl (C=O) groups excluding carboxylic acids is 1. The maximum Gasteiger partial charge on any atom is 0.341 e. The van der Waals surface area contributed by atoms with Gasteiger partial charge in [0.1, 0.15) is 17.6 Å². The van der Waals surface area contributed by atoms with Gasteiger partial charge in [-0.1, -0.05) is 12.1 Å². The molecule has 1 aromatic carbocycles. The van der Waals surface area contributed by atoms with Crippen molar-refractivity contribution in [1.29, 1.82) is 0 Å². The van der Waals surface area contributed by atoms with Gasteiger partial charge >= 0.3 is 5.97 Å². The average molecular weight is 258 g/mol. The fraction of sp³-hybridized carbons (Fsp3) is 0.214. The first kappa shape index (κ1) is 13.0. The van der Waals surface area contributed by atoms with Crippen LogP contribution in [-0.4, -0.2) is 29.7 Å². The molecule has 5 nitrogen and oxygen atoms in total. The van der Waals surface area contributed by atoms with Crippen LogP contribution in [0.15, 0.2) is 36.8 Å². The number of ether oxygens (including phenoxy) is 2. The Hall–Kier alpha value is -2.43. The highest BCUT2D eigenvalue weighted by atomic mass is 16.5. The number of hydrogen-bond acceptors (Lipinski definition) is 5. The van der Waals surface area contributed by atoms with E-state index in [1.165, 1.54) is 12.5 Å². The molecular weight excluding hydrogens is 244 g/mol. The Balaban J connectivity index is 2.53. The SMILES string of the molecule is CCOC(=O)c1cncnc1-c1ccccc1OC. The Labute approximate surface area is 111 Å². The summed E-state index contributed by atoms with van der Waals surface area (Å²) in [5.74, 6) is 0.204. The van der Waals surface area contributed by atoms with Gasteiger partial charge in [0.15, 0.2) is 0 Å². The number of benzene rings is 1. The molecule has 0 spiro atoms. The van der Waals surface area contributed by atoms with Gasteiger partial charge < -0.3 is 9.47 Å². The number of hydrogen-bond donors (Lipinski definition) is 0. The molecule has 0 aliphatic rings. The first-order valence-corrected chi connectivity index (χ1v) is 5.88. The Bertz CT molecular complexity index is 584. The summed E-state index contributed by atoms with van der Waals surface area (Å²) in [7, 11) is 1.57. The van der Waals surface area contributed by atoms with E-state index in [-0.39, 0.29) is 0 Å². The molecule has 19 heavy (non-hydrogen) atoms. The van der Waals surface area contributed by atoms with E-state index in [2.05, 4.69) is 9.97 Å². The molecule has 0 unspecified atom stereocenters. The molecule has 2 aromatic rings. The van der Waals surface area contributed by atoms with E-state index in [1.807, 2.05) is 24.3 Å². The highest BCUT2D eigenvalue weighted by Crippen LogP contribution is 2.30. The monoisotopic (exact) mass is 258 g/mol. The van der Waals surface area contributed by atoms with Gasteiger partial charge in [-0.15, -0.1) is 0 Å². The summed E-state index contributed by atoms with van der Waals surface area (Å²) in [6.07, 6.45) is 2.84. The number of aromatic nitrogens is 2. The maximum atomic E-state index is 11.9. The summed E-state index contributed by atoms with van der Waals surface area (Å²) in [6.45, 7) is 2.06. The average Bonchev–Trinajstić information content (AvgIpc) is 2.47. The van der Waals surface area contributed by atoms with Crippen molar-refractivity contribution in [3.8, 4) is 17.0 Å². The van der Waals surface area contributed by atoms with Gasteiger partial charge in [-0.3, -0.25) is 0 Å². The van der Waals surface area contributed by atoms with Crippen molar-refractivity contribution in [1.82, 2.24) is 9.97 Å². The second-order valence-corrected chi connectivity index (χ2v) is 3.71. The minimum absolute atomic E-state index is 0.305. The zero-order chi connectivity index (χ0) is 13.7. The smallest absolute Gasteiger partial charge is 0.341 e. The number of rotatable bonds is 4. The lowest BCUT2D eigenvalue weighted by Crippen LogP contribution is -2.08. The number of para-hydroxylation sites is 1. The standard InChI is InChI=1S/C14H14N2O3/c1-3-19-14(17)11-8-15-9-16-13(11)10-6-4-5-7-12(10)18-2/h4-9H,3H2,1-2H3. The second-order valence-electron chi connectivity index (χ2n) is 3.71. The number of esters is 1. The summed E-state index contributed by atoms with van der Waals surface area (Å²) < 4.78 is 10.3. The van der Waals surface area contributed by atoms with Crippen molar-refractivity contribution in [3.05, 3.63) is 42.4 Å². The molecule has 1 heterocycles. The molecule has 0 fully saturated rings. The summed E-state index contributed by atoms with van der Waals surface area (Å²) in [5, 5.41) is 0. The second kappa shape index (κ2) is 5.95. The highest BCUT2D eigenvalue weighted by Gasteiger charge is 2.17. The van der Waals surface area contributed by atoms with Crippen LogP contribution >= 0.6 is 0 Å². The van der Waals surface area contributed by atoms with E-state index in [9.17, 15) is 4.79 Å². The van der Waals surface area contributed by atoms with Crippen LogP contribution in [0.3, 0.4) is 0 Å². The molecule has 0 atom stereocenters. The predicted octanol–water partition coefficient (Wildman–Crippen LogP) is 2.33. The van der Waals surface area contributed by atoms with Gasteiger partial charge in [-0.05, 0) is 19.1 Å². The van der Waals surface area contributed by atoms with E-state index < -0.39 is 5.97 Å². The lowest BCUT2D eigenvalue weighted by Gasteiger charge is -2.10. The molecular formula is C14H14N2O3. The van der Waals surface area contributed by atoms with Crippen molar-refractivity contribution < 1.29 is 14.3 Å². The quantitative estimate of drug-likeness (QED) is 0.788. The van der Waals surface area contributed by atoms with Crippen molar-refractivity contribution >= 4 is 5.97 Å². The molecule has 0 saturated carbocycles. The minimum atomic E-state index is -0.441. The molecule has 0 bridgehead atoms. The van der Waals surface area contributed by atoms with Crippen LogP contribution in [-0.2, 0) is 4.74 Å². The molecule has 2 rings (SSSR count). The predicted molar refractivity (Wildman–Crippen MR) is 70.0 cm³/mol. The van der Waals surface area contributed by atoms with Crippen LogP contribution in [0.4, 0.5) is 0 Å². The lowest BCUT2D eigenvalue weighted by molar-refractivity contribution is 0.0526. The number of carbonyl (C=O) groups is 1. The van der Waals surface area contributed by atoms with Gasteiger partial charge in [-0.2, -0.15) is 0 Å². The molecule has 1 aromatic heterocycles. The summed E-state index contributed by atoms with van der Waals surface area (Å²) in [6, 6.07) is 7.36. The van der Waals surface area contributed by atoms with Crippen LogP contribution in [0.5, 0.6) is 5.75 Å². The van der Waals surface area contributed by atoms with Crippen molar-refractivity contribution in [2.24, 2.45) is 0 Å². The molecule has 5 heteroatoms. The van der Waals surface area contributed by atoms with Crippen molar-refractivity contribution in [2.75, 3.05) is 13.7 Å². The van der Waals surface area contributed by atoms with Gasteiger partial charge in [0, 0.05) is 11.8 Å². The molecule has 0 N–H and O–H groups in total. The third kappa shape index (κ3) is 2.70. The minimum Gasteiger partial charge on any atom is -0.496 e. The van der Waals surface area contributed by atoms with Gasteiger partial charge in [-0.25, -0.2) is 14.8 Å². The zero-order valence-corrected chi connectivity index (χ0v) is 10.8. The molecule has 98 valence electrons. The summed E-state index contributed by atoms with van der Waals surface area (Å²) >= 11 is 0. The van der Waals surface area contributed by atoms with Gasteiger partial charge in [0.05, 0.1) is 19.4 Å². The third-order valence-electron chi connectivity index (χ3n) is 2.57. The molecule has 0 amide bonds. The molecule has 0 saturated heterocycles. The largest absolute Gasteiger partial charge is 0.496 e. The Kier molecular flexibility index (Phi) is 4.07. The van der Waals surface area contributed by atoms with Gasteiger partial charge in [0.2, 0.25) is 0 Å². The highest BCUT2D eigenvalue weighted by molar-refractivity contribution is 5.96. The number of methoxy groups -OCH3 is 1. The van der Waals surface area contributed by atoms with Gasteiger partial charge in [0.25, 0.3) is 0 Å². The van der Waals surface area contributed by atoms with E-state index >= 15 is 0 Å². The Morgan fingerprint density at radius 2 is 2.11 bits per heavy atom. The van der Waals surface area contributed by atoms with E-state index in [4.69, 9.17) is 9.47 Å². The molecule has 0 aliphatic heterocycles. The summed E-state index contributed by atoms with van der Waals surface area (Å²) in [4.78, 5) is 19.9. The lowest BCUT2D eigenvalue weighted by atomic mass is 10.1. The van der Waals surface area contributed by atoms with Crippen molar-refractivity contribution in [3.63, 3.8) is 0 Å². The normalized spacial score (nSPS) is 10.0.